The van der Waals surface area contributed by atoms with E-state index in [1.54, 1.807) is 6.07 Å². The Balaban J connectivity index is 2.05. The highest BCUT2D eigenvalue weighted by atomic mass is 32.2. The van der Waals surface area contributed by atoms with Gasteiger partial charge in [0.25, 0.3) is 10.1 Å². The van der Waals surface area contributed by atoms with Crippen molar-refractivity contribution in [3.63, 3.8) is 0 Å². The van der Waals surface area contributed by atoms with E-state index in [1.807, 2.05) is 18.2 Å². The zero-order valence-corrected chi connectivity index (χ0v) is 15.1. The molecule has 2 aromatic rings. The maximum absolute atomic E-state index is 11.2. The Morgan fingerprint density at radius 3 is 2.40 bits per heavy atom. The molecule has 25 heavy (non-hydrogen) atoms. The highest BCUT2D eigenvalue weighted by Crippen LogP contribution is 2.30. The molecule has 0 aromatic heterocycles. The zero-order chi connectivity index (χ0) is 18.3. The van der Waals surface area contributed by atoms with Crippen molar-refractivity contribution in [1.82, 2.24) is 0 Å². The van der Waals surface area contributed by atoms with Gasteiger partial charge in [0.2, 0.25) is 0 Å². The summed E-state index contributed by atoms with van der Waals surface area (Å²) in [4.78, 5) is -0.572. The van der Waals surface area contributed by atoms with Gasteiger partial charge < -0.3 is 9.84 Å². The van der Waals surface area contributed by atoms with Crippen molar-refractivity contribution in [2.45, 2.75) is 50.3 Å². The van der Waals surface area contributed by atoms with E-state index in [2.05, 4.69) is 6.92 Å². The molecule has 0 unspecified atom stereocenters. The molecule has 0 heterocycles. The van der Waals surface area contributed by atoms with Crippen LogP contribution in [-0.4, -0.2) is 18.1 Å². The molecule has 0 aliphatic heterocycles. The molecule has 0 saturated carbocycles. The molecule has 0 radical (unpaired) electrons. The predicted molar refractivity (Wildman–Crippen MR) is 96.9 cm³/mol. The Morgan fingerprint density at radius 2 is 1.68 bits per heavy atom. The normalized spacial score (nSPS) is 11.4. The van der Waals surface area contributed by atoms with E-state index in [4.69, 9.17) is 9.29 Å². The Morgan fingerprint density at radius 1 is 0.960 bits per heavy atom. The van der Waals surface area contributed by atoms with Crippen molar-refractivity contribution in [3.05, 3.63) is 48.0 Å². The van der Waals surface area contributed by atoms with Gasteiger partial charge in [-0.25, -0.2) is 0 Å². The smallest absolute Gasteiger partial charge is 0.298 e. The number of phenols is 1. The van der Waals surface area contributed by atoms with Gasteiger partial charge in [-0.1, -0.05) is 44.7 Å². The van der Waals surface area contributed by atoms with Crippen molar-refractivity contribution >= 4 is 10.1 Å². The fourth-order valence-electron chi connectivity index (χ4n) is 2.60. The van der Waals surface area contributed by atoms with Crippen LogP contribution in [0.1, 0.15) is 44.6 Å². The summed E-state index contributed by atoms with van der Waals surface area (Å²) in [5.74, 6) is 0.291. The number of rotatable bonds is 9. The van der Waals surface area contributed by atoms with Crippen LogP contribution < -0.4 is 4.74 Å². The van der Waals surface area contributed by atoms with Crippen LogP contribution in [0.2, 0.25) is 0 Å². The van der Waals surface area contributed by atoms with Gasteiger partial charge in [-0.3, -0.25) is 4.55 Å². The summed E-state index contributed by atoms with van der Waals surface area (Å²) in [6.07, 6.45) is 7.02. The number of hydrogen-bond donors (Lipinski definition) is 2. The van der Waals surface area contributed by atoms with Crippen molar-refractivity contribution < 1.29 is 22.8 Å². The van der Waals surface area contributed by atoms with E-state index in [0.717, 1.165) is 24.5 Å². The number of ether oxygens (including phenoxy) is 1. The van der Waals surface area contributed by atoms with Crippen molar-refractivity contribution in [2.24, 2.45) is 0 Å². The SMILES string of the molecule is CCCCCCCc1cccc(Oc2ccc(O)c(S(=O)(=O)O)c2)c1. The number of unbranched alkanes of at least 4 members (excludes halogenated alkanes) is 4. The van der Waals surface area contributed by atoms with Gasteiger partial charge in [-0.05, 0) is 42.7 Å². The summed E-state index contributed by atoms with van der Waals surface area (Å²) in [6.45, 7) is 2.19. The van der Waals surface area contributed by atoms with Crippen LogP contribution in [0.4, 0.5) is 0 Å². The summed E-state index contributed by atoms with van der Waals surface area (Å²) in [5.41, 5.74) is 1.16. The standard InChI is InChI=1S/C19H24O5S/c1-2-3-4-5-6-8-15-9-7-10-16(13-15)24-17-11-12-18(20)19(14-17)25(21,22)23/h7,9-14,20H,2-6,8H2,1H3,(H,21,22,23). The highest BCUT2D eigenvalue weighted by molar-refractivity contribution is 7.86. The van der Waals surface area contributed by atoms with E-state index in [9.17, 15) is 13.5 Å². The maximum Gasteiger partial charge on any atom is 0.298 e. The van der Waals surface area contributed by atoms with E-state index in [-0.39, 0.29) is 5.75 Å². The molecule has 136 valence electrons. The molecule has 0 aliphatic carbocycles. The summed E-state index contributed by atoms with van der Waals surface area (Å²) < 4.78 is 37.3. The number of benzene rings is 2. The lowest BCUT2D eigenvalue weighted by Crippen LogP contribution is -1.99. The molecule has 0 spiro atoms. The van der Waals surface area contributed by atoms with Gasteiger partial charge in [-0.2, -0.15) is 8.42 Å². The highest BCUT2D eigenvalue weighted by Gasteiger charge is 2.16. The first-order valence-corrected chi connectivity index (χ1v) is 9.91. The molecule has 0 amide bonds. The molecule has 2 rings (SSSR count). The second kappa shape index (κ2) is 8.87. The van der Waals surface area contributed by atoms with Gasteiger partial charge in [0.15, 0.2) is 0 Å². The molecular formula is C19H24O5S. The lowest BCUT2D eigenvalue weighted by atomic mass is 10.1. The van der Waals surface area contributed by atoms with Crippen molar-refractivity contribution in [2.75, 3.05) is 0 Å². The largest absolute Gasteiger partial charge is 0.506 e. The molecule has 0 fully saturated rings. The second-order valence-electron chi connectivity index (χ2n) is 6.02. The first-order chi connectivity index (χ1) is 11.9. The molecule has 2 N–H and O–H groups in total. The van der Waals surface area contributed by atoms with Crippen LogP contribution >= 0.6 is 0 Å². The first-order valence-electron chi connectivity index (χ1n) is 8.47. The van der Waals surface area contributed by atoms with Crippen molar-refractivity contribution in [3.8, 4) is 17.2 Å². The minimum atomic E-state index is -4.51. The molecule has 0 saturated heterocycles. The average molecular weight is 364 g/mol. The molecule has 0 aliphatic rings. The van der Waals surface area contributed by atoms with Crippen LogP contribution in [0, 0.1) is 0 Å². The Bertz CT molecular complexity index is 799. The molecule has 2 aromatic carbocycles. The third-order valence-electron chi connectivity index (χ3n) is 3.91. The van der Waals surface area contributed by atoms with Gasteiger partial charge in [0.1, 0.15) is 22.1 Å². The number of aromatic hydroxyl groups is 1. The predicted octanol–water partition coefficient (Wildman–Crippen LogP) is 4.94. The van der Waals surface area contributed by atoms with Gasteiger partial charge in [-0.15, -0.1) is 0 Å². The number of hydrogen-bond acceptors (Lipinski definition) is 4. The fraction of sp³-hybridized carbons (Fsp3) is 0.368. The maximum atomic E-state index is 11.2. The summed E-state index contributed by atoms with van der Waals surface area (Å²) >= 11 is 0. The van der Waals surface area contributed by atoms with Gasteiger partial charge in [0.05, 0.1) is 0 Å². The van der Waals surface area contributed by atoms with Crippen LogP contribution in [0.15, 0.2) is 47.4 Å². The topological polar surface area (TPSA) is 83.8 Å². The van der Waals surface area contributed by atoms with Crippen LogP contribution in [0.25, 0.3) is 0 Å². The van der Waals surface area contributed by atoms with Gasteiger partial charge >= 0.3 is 0 Å². The van der Waals surface area contributed by atoms with Crippen LogP contribution in [0.5, 0.6) is 17.2 Å². The quantitative estimate of drug-likeness (QED) is 0.486. The summed E-state index contributed by atoms with van der Waals surface area (Å²) in [7, 11) is -4.51. The van der Waals surface area contributed by atoms with Crippen LogP contribution in [0.3, 0.4) is 0 Å². The van der Waals surface area contributed by atoms with E-state index >= 15 is 0 Å². The third-order valence-corrected chi connectivity index (χ3v) is 4.80. The Kier molecular flexibility index (Phi) is 6.84. The monoisotopic (exact) mass is 364 g/mol. The van der Waals surface area contributed by atoms with Gasteiger partial charge in [0, 0.05) is 6.07 Å². The minimum absolute atomic E-state index is 0.227. The minimum Gasteiger partial charge on any atom is -0.506 e. The van der Waals surface area contributed by atoms with E-state index in [1.165, 1.54) is 37.8 Å². The number of aryl methyl sites for hydroxylation is 1. The number of phenolic OH excluding ortho intramolecular Hbond substituents is 1. The lowest BCUT2D eigenvalue weighted by Gasteiger charge is -2.09. The summed E-state index contributed by atoms with van der Waals surface area (Å²) in [5, 5.41) is 9.54. The Hall–Kier alpha value is -2.05. The van der Waals surface area contributed by atoms with E-state index in [0.29, 0.717) is 5.75 Å². The molecular weight excluding hydrogens is 340 g/mol. The zero-order valence-electron chi connectivity index (χ0n) is 14.3. The fourth-order valence-corrected chi connectivity index (χ4v) is 3.20. The lowest BCUT2D eigenvalue weighted by molar-refractivity contribution is 0.435. The Labute approximate surface area is 149 Å². The first kappa shape index (κ1) is 19.3. The van der Waals surface area contributed by atoms with Crippen LogP contribution in [-0.2, 0) is 16.5 Å². The molecule has 5 nitrogen and oxygen atoms in total. The molecule has 6 heteroatoms. The second-order valence-corrected chi connectivity index (χ2v) is 7.41. The average Bonchev–Trinajstić information content (AvgIpc) is 2.56. The summed E-state index contributed by atoms with van der Waals surface area (Å²) in [6, 6.07) is 11.3. The molecule has 0 bridgehead atoms. The van der Waals surface area contributed by atoms with Crippen molar-refractivity contribution in [1.29, 1.82) is 0 Å². The molecule has 0 atom stereocenters. The van der Waals surface area contributed by atoms with E-state index < -0.39 is 20.8 Å². The third kappa shape index (κ3) is 6.07.